The van der Waals surface area contributed by atoms with E-state index in [0.29, 0.717) is 10.2 Å². The predicted octanol–water partition coefficient (Wildman–Crippen LogP) is 2.48. The third-order valence-electron chi connectivity index (χ3n) is 2.76. The van der Waals surface area contributed by atoms with E-state index in [-0.39, 0.29) is 11.4 Å². The molecular weight excluding hydrogens is 296 g/mol. The summed E-state index contributed by atoms with van der Waals surface area (Å²) in [4.78, 5) is 15.7. The molecule has 0 radical (unpaired) electrons. The zero-order valence-electron chi connectivity index (χ0n) is 10.4. The number of aromatic nitrogens is 3. The Bertz CT molecular complexity index is 776. The van der Waals surface area contributed by atoms with Gasteiger partial charge in [-0.3, -0.25) is 0 Å². The number of carbonyl (C=O) groups is 1. The highest BCUT2D eigenvalue weighted by Gasteiger charge is 2.23. The molecule has 0 saturated carbocycles. The molecule has 0 spiro atoms. The number of nitrogens with two attached hydrogens (primary N) is 1. The summed E-state index contributed by atoms with van der Waals surface area (Å²) in [5.74, 6) is -0.986. The van der Waals surface area contributed by atoms with Gasteiger partial charge in [-0.15, -0.1) is 11.8 Å². The standard InChI is InChI=1S/C12H10N4O2S2/c1-19-10-8(11(17)18)9(13)16(15-10)12-14-6-4-2-3-5-7(6)20-12/h2-5H,13H2,1H3,(H,17,18). The molecule has 3 N–H and O–H groups in total. The number of carboxylic acid groups (broad SMARTS) is 1. The van der Waals surface area contributed by atoms with Crippen LogP contribution in [0, 0.1) is 0 Å². The molecule has 6 nitrogen and oxygen atoms in total. The molecule has 8 heteroatoms. The number of hydrogen-bond acceptors (Lipinski definition) is 6. The molecule has 0 fully saturated rings. The van der Waals surface area contributed by atoms with Crippen molar-refractivity contribution in [2.45, 2.75) is 5.03 Å². The number of benzene rings is 1. The van der Waals surface area contributed by atoms with E-state index in [1.807, 2.05) is 24.3 Å². The van der Waals surface area contributed by atoms with Gasteiger partial charge in [-0.1, -0.05) is 23.5 Å². The van der Waals surface area contributed by atoms with Crippen LogP contribution in [0.15, 0.2) is 29.3 Å². The smallest absolute Gasteiger partial charge is 0.342 e. The number of para-hydroxylation sites is 1. The summed E-state index contributed by atoms with van der Waals surface area (Å²) in [6.45, 7) is 0. The fourth-order valence-electron chi connectivity index (χ4n) is 1.85. The van der Waals surface area contributed by atoms with E-state index in [1.54, 1.807) is 6.26 Å². The van der Waals surface area contributed by atoms with Crippen molar-refractivity contribution >= 4 is 45.1 Å². The summed E-state index contributed by atoms with van der Waals surface area (Å²) in [5, 5.41) is 14.4. The van der Waals surface area contributed by atoms with Crippen LogP contribution in [0.1, 0.15) is 10.4 Å². The summed E-state index contributed by atoms with van der Waals surface area (Å²) < 4.78 is 2.39. The maximum Gasteiger partial charge on any atom is 0.342 e. The zero-order valence-corrected chi connectivity index (χ0v) is 12.0. The average molecular weight is 306 g/mol. The molecule has 0 aliphatic heterocycles. The van der Waals surface area contributed by atoms with Crippen LogP contribution in [0.2, 0.25) is 0 Å². The highest BCUT2D eigenvalue weighted by atomic mass is 32.2. The van der Waals surface area contributed by atoms with Crippen LogP contribution < -0.4 is 5.73 Å². The molecule has 0 unspecified atom stereocenters. The molecule has 0 aliphatic rings. The molecule has 0 bridgehead atoms. The highest BCUT2D eigenvalue weighted by molar-refractivity contribution is 7.98. The first-order valence-electron chi connectivity index (χ1n) is 5.63. The lowest BCUT2D eigenvalue weighted by Crippen LogP contribution is -2.05. The quantitative estimate of drug-likeness (QED) is 0.722. The van der Waals surface area contributed by atoms with E-state index < -0.39 is 5.97 Å². The van der Waals surface area contributed by atoms with E-state index in [9.17, 15) is 9.90 Å². The molecule has 20 heavy (non-hydrogen) atoms. The largest absolute Gasteiger partial charge is 0.477 e. The lowest BCUT2D eigenvalue weighted by atomic mass is 10.3. The molecule has 0 atom stereocenters. The zero-order chi connectivity index (χ0) is 14.3. The summed E-state index contributed by atoms with van der Waals surface area (Å²) in [7, 11) is 0. The number of anilines is 1. The van der Waals surface area contributed by atoms with Crippen LogP contribution >= 0.6 is 23.1 Å². The van der Waals surface area contributed by atoms with E-state index in [0.717, 1.165) is 10.2 Å². The minimum absolute atomic E-state index is 0.0248. The van der Waals surface area contributed by atoms with Gasteiger partial charge in [0.15, 0.2) is 0 Å². The van der Waals surface area contributed by atoms with Gasteiger partial charge in [0.25, 0.3) is 0 Å². The van der Waals surface area contributed by atoms with Crippen LogP contribution in [-0.2, 0) is 0 Å². The molecule has 2 heterocycles. The van der Waals surface area contributed by atoms with Gasteiger partial charge >= 0.3 is 5.97 Å². The van der Waals surface area contributed by atoms with Crippen LogP contribution in [0.5, 0.6) is 0 Å². The predicted molar refractivity (Wildman–Crippen MR) is 79.9 cm³/mol. The minimum Gasteiger partial charge on any atom is -0.477 e. The first-order valence-corrected chi connectivity index (χ1v) is 7.67. The number of nitrogen functional groups attached to an aromatic ring is 1. The average Bonchev–Trinajstić information content (AvgIpc) is 2.98. The van der Waals surface area contributed by atoms with Crippen molar-refractivity contribution in [1.82, 2.24) is 14.8 Å². The Morgan fingerprint density at radius 1 is 1.45 bits per heavy atom. The van der Waals surface area contributed by atoms with Crippen molar-refractivity contribution in [3.8, 4) is 5.13 Å². The summed E-state index contributed by atoms with van der Waals surface area (Å²) in [5.41, 5.74) is 6.77. The third-order valence-corrected chi connectivity index (χ3v) is 4.44. The van der Waals surface area contributed by atoms with Gasteiger partial charge in [-0.2, -0.15) is 9.78 Å². The van der Waals surface area contributed by atoms with Crippen molar-refractivity contribution in [2.75, 3.05) is 12.0 Å². The molecule has 0 aliphatic carbocycles. The topological polar surface area (TPSA) is 94.0 Å². The van der Waals surface area contributed by atoms with E-state index in [2.05, 4.69) is 10.1 Å². The van der Waals surface area contributed by atoms with Gasteiger partial charge in [0.1, 0.15) is 16.4 Å². The molecule has 102 valence electrons. The second-order valence-corrected chi connectivity index (χ2v) is 5.75. The fraction of sp³-hybridized carbons (Fsp3) is 0.0833. The maximum atomic E-state index is 11.3. The van der Waals surface area contributed by atoms with Gasteiger partial charge in [0.05, 0.1) is 10.2 Å². The number of aromatic carboxylic acids is 1. The number of carboxylic acids is 1. The van der Waals surface area contributed by atoms with Crippen LogP contribution in [-0.4, -0.2) is 32.1 Å². The number of fused-ring (bicyclic) bond motifs is 1. The molecule has 0 saturated heterocycles. The molecule has 3 aromatic rings. The number of thioether (sulfide) groups is 1. The van der Waals surface area contributed by atoms with Crippen LogP contribution in [0.4, 0.5) is 5.82 Å². The SMILES string of the molecule is CSc1nn(-c2nc3ccccc3s2)c(N)c1C(=O)O. The number of hydrogen-bond donors (Lipinski definition) is 2. The minimum atomic E-state index is -1.08. The first-order chi connectivity index (χ1) is 9.61. The summed E-state index contributed by atoms with van der Waals surface area (Å²) in [6, 6.07) is 7.66. The number of thiazole rings is 1. The Balaban J connectivity index is 2.21. The van der Waals surface area contributed by atoms with Crippen LogP contribution in [0.25, 0.3) is 15.3 Å². The van der Waals surface area contributed by atoms with Crippen molar-refractivity contribution in [2.24, 2.45) is 0 Å². The van der Waals surface area contributed by atoms with Crippen molar-refractivity contribution in [3.63, 3.8) is 0 Å². The molecule has 2 aromatic heterocycles. The lowest BCUT2D eigenvalue weighted by Gasteiger charge is -1.97. The third kappa shape index (κ3) is 1.93. The van der Waals surface area contributed by atoms with Gasteiger partial charge in [0, 0.05) is 0 Å². The number of rotatable bonds is 3. The number of nitrogens with zero attached hydrogens (tertiary/aromatic N) is 3. The molecular formula is C12H10N4O2S2. The highest BCUT2D eigenvalue weighted by Crippen LogP contribution is 2.30. The lowest BCUT2D eigenvalue weighted by molar-refractivity contribution is 0.0694. The molecule has 1 aromatic carbocycles. The van der Waals surface area contributed by atoms with Crippen molar-refractivity contribution < 1.29 is 9.90 Å². The van der Waals surface area contributed by atoms with Gasteiger partial charge in [-0.05, 0) is 18.4 Å². The van der Waals surface area contributed by atoms with Gasteiger partial charge in [0.2, 0.25) is 5.13 Å². The molecule has 3 rings (SSSR count). The monoisotopic (exact) mass is 306 g/mol. The Morgan fingerprint density at radius 2 is 2.20 bits per heavy atom. The summed E-state index contributed by atoms with van der Waals surface area (Å²) in [6.07, 6.45) is 1.76. The Labute approximate surface area is 122 Å². The maximum absolute atomic E-state index is 11.3. The fourth-order valence-corrected chi connectivity index (χ4v) is 3.34. The molecule has 0 amide bonds. The second kappa shape index (κ2) is 4.80. The normalized spacial score (nSPS) is 11.1. The van der Waals surface area contributed by atoms with Crippen molar-refractivity contribution in [1.29, 1.82) is 0 Å². The van der Waals surface area contributed by atoms with Gasteiger partial charge < -0.3 is 10.8 Å². The Hall–Kier alpha value is -2.06. The Morgan fingerprint density at radius 3 is 2.80 bits per heavy atom. The van der Waals surface area contributed by atoms with E-state index in [4.69, 9.17) is 5.73 Å². The van der Waals surface area contributed by atoms with Crippen LogP contribution in [0.3, 0.4) is 0 Å². The summed E-state index contributed by atoms with van der Waals surface area (Å²) >= 11 is 2.66. The van der Waals surface area contributed by atoms with E-state index >= 15 is 0 Å². The Kier molecular flexibility index (Phi) is 3.11. The van der Waals surface area contributed by atoms with Gasteiger partial charge in [-0.25, -0.2) is 9.78 Å². The van der Waals surface area contributed by atoms with Crippen molar-refractivity contribution in [3.05, 3.63) is 29.8 Å². The van der Waals surface area contributed by atoms with E-state index in [1.165, 1.54) is 27.8 Å². The second-order valence-electron chi connectivity index (χ2n) is 3.95. The first kappa shape index (κ1) is 12.9.